The normalized spacial score (nSPS) is 11.5. The molecule has 0 amide bonds. The van der Waals surface area contributed by atoms with Crippen LogP contribution in [0.15, 0.2) is 0 Å². The fourth-order valence-corrected chi connectivity index (χ4v) is 2.38. The van der Waals surface area contributed by atoms with Gasteiger partial charge in [0, 0.05) is 12.3 Å². The Balaban J connectivity index is 3.09. The highest BCUT2D eigenvalue weighted by Crippen LogP contribution is 2.14. The standard InChI is InChI=1S/C18H36O/c1-16(2)14-12-10-8-6-5-7-9-11-13-15-18(19)17(3)4/h16-17H,5-15H2,1-4H3. The Morgan fingerprint density at radius 1 is 0.684 bits per heavy atom. The molecule has 0 atom stereocenters. The van der Waals surface area contributed by atoms with E-state index in [9.17, 15) is 4.79 Å². The van der Waals surface area contributed by atoms with Gasteiger partial charge in [0.1, 0.15) is 5.78 Å². The quantitative estimate of drug-likeness (QED) is 0.366. The second kappa shape index (κ2) is 12.7. The summed E-state index contributed by atoms with van der Waals surface area (Å²) in [5.74, 6) is 1.53. The first-order valence-electron chi connectivity index (χ1n) is 8.56. The van der Waals surface area contributed by atoms with Crippen LogP contribution in [0.4, 0.5) is 0 Å². The maximum Gasteiger partial charge on any atom is 0.135 e. The molecule has 0 saturated heterocycles. The smallest absolute Gasteiger partial charge is 0.135 e. The Labute approximate surface area is 121 Å². The molecule has 1 nitrogen and oxygen atoms in total. The maximum atomic E-state index is 11.4. The number of ketones is 1. The molecule has 0 heterocycles. The number of Topliss-reactive ketones (excluding diaryl/α,β-unsaturated/α-hetero) is 1. The molecule has 0 aromatic heterocycles. The molecule has 0 N–H and O–H groups in total. The Morgan fingerprint density at radius 3 is 1.53 bits per heavy atom. The lowest BCUT2D eigenvalue weighted by atomic mass is 10.0. The Morgan fingerprint density at radius 2 is 1.11 bits per heavy atom. The van der Waals surface area contributed by atoms with Gasteiger partial charge in [-0.3, -0.25) is 4.79 Å². The molecule has 0 saturated carbocycles. The van der Waals surface area contributed by atoms with Gasteiger partial charge in [-0.1, -0.05) is 85.5 Å². The fourth-order valence-electron chi connectivity index (χ4n) is 2.38. The van der Waals surface area contributed by atoms with Crippen molar-refractivity contribution in [2.45, 2.75) is 98.3 Å². The molecule has 0 bridgehead atoms. The van der Waals surface area contributed by atoms with E-state index in [0.29, 0.717) is 5.78 Å². The molecule has 0 aromatic carbocycles. The zero-order valence-corrected chi connectivity index (χ0v) is 13.8. The largest absolute Gasteiger partial charge is 0.299 e. The number of hydrogen-bond acceptors (Lipinski definition) is 1. The molecule has 0 fully saturated rings. The number of unbranched alkanes of at least 4 members (excludes halogenated alkanes) is 8. The molecular weight excluding hydrogens is 232 g/mol. The lowest BCUT2D eigenvalue weighted by Gasteiger charge is -2.05. The van der Waals surface area contributed by atoms with Gasteiger partial charge in [0.05, 0.1) is 0 Å². The Kier molecular flexibility index (Phi) is 12.5. The van der Waals surface area contributed by atoms with E-state index in [1.54, 1.807) is 0 Å². The molecule has 0 radical (unpaired) electrons. The summed E-state index contributed by atoms with van der Waals surface area (Å²) in [5, 5.41) is 0. The average Bonchev–Trinajstić information content (AvgIpc) is 2.35. The summed E-state index contributed by atoms with van der Waals surface area (Å²) in [4.78, 5) is 11.4. The van der Waals surface area contributed by atoms with Crippen LogP contribution in [0.3, 0.4) is 0 Å². The first-order chi connectivity index (χ1) is 9.04. The highest BCUT2D eigenvalue weighted by Gasteiger charge is 2.05. The average molecular weight is 268 g/mol. The van der Waals surface area contributed by atoms with Crippen LogP contribution in [0.5, 0.6) is 0 Å². The molecular formula is C18H36O. The van der Waals surface area contributed by atoms with Crippen molar-refractivity contribution in [3.05, 3.63) is 0 Å². The van der Waals surface area contributed by atoms with Crippen molar-refractivity contribution in [3.63, 3.8) is 0 Å². The van der Waals surface area contributed by atoms with Crippen LogP contribution in [0, 0.1) is 11.8 Å². The van der Waals surface area contributed by atoms with E-state index < -0.39 is 0 Å². The predicted molar refractivity (Wildman–Crippen MR) is 85.5 cm³/mol. The summed E-state index contributed by atoms with van der Waals surface area (Å²) in [5.41, 5.74) is 0. The van der Waals surface area contributed by atoms with Gasteiger partial charge in [0.25, 0.3) is 0 Å². The third kappa shape index (κ3) is 13.9. The highest BCUT2D eigenvalue weighted by atomic mass is 16.1. The van der Waals surface area contributed by atoms with Crippen LogP contribution in [0.2, 0.25) is 0 Å². The van der Waals surface area contributed by atoms with E-state index in [1.165, 1.54) is 57.8 Å². The van der Waals surface area contributed by atoms with Crippen LogP contribution in [-0.2, 0) is 4.79 Å². The van der Waals surface area contributed by atoms with Gasteiger partial charge in [0.2, 0.25) is 0 Å². The molecule has 0 unspecified atom stereocenters. The molecule has 0 aromatic rings. The first kappa shape index (κ1) is 18.7. The number of carbonyl (C=O) groups excluding carboxylic acids is 1. The molecule has 0 aliphatic rings. The third-order valence-electron chi connectivity index (χ3n) is 3.85. The molecule has 0 aliphatic carbocycles. The highest BCUT2D eigenvalue weighted by molar-refractivity contribution is 5.80. The van der Waals surface area contributed by atoms with Crippen molar-refractivity contribution in [3.8, 4) is 0 Å². The van der Waals surface area contributed by atoms with Gasteiger partial charge in [-0.2, -0.15) is 0 Å². The molecule has 19 heavy (non-hydrogen) atoms. The minimum atomic E-state index is 0.228. The molecule has 1 heteroatoms. The zero-order valence-electron chi connectivity index (χ0n) is 13.8. The van der Waals surface area contributed by atoms with Gasteiger partial charge in [0.15, 0.2) is 0 Å². The summed E-state index contributed by atoms with van der Waals surface area (Å²) < 4.78 is 0. The Bertz CT molecular complexity index is 206. The summed E-state index contributed by atoms with van der Waals surface area (Å²) in [6.45, 7) is 8.62. The van der Waals surface area contributed by atoms with Crippen molar-refractivity contribution in [1.82, 2.24) is 0 Å². The van der Waals surface area contributed by atoms with Crippen molar-refractivity contribution in [2.24, 2.45) is 11.8 Å². The zero-order chi connectivity index (χ0) is 14.5. The van der Waals surface area contributed by atoms with E-state index in [-0.39, 0.29) is 5.92 Å². The SMILES string of the molecule is CC(C)CCCCCCCCCCCC(=O)C(C)C. The van der Waals surface area contributed by atoms with Crippen molar-refractivity contribution >= 4 is 5.78 Å². The van der Waals surface area contributed by atoms with E-state index in [0.717, 1.165) is 18.8 Å². The molecule has 0 aliphatic heterocycles. The number of carbonyl (C=O) groups is 1. The maximum absolute atomic E-state index is 11.4. The van der Waals surface area contributed by atoms with Crippen molar-refractivity contribution < 1.29 is 4.79 Å². The van der Waals surface area contributed by atoms with Gasteiger partial charge >= 0.3 is 0 Å². The number of hydrogen-bond donors (Lipinski definition) is 0. The van der Waals surface area contributed by atoms with E-state index in [4.69, 9.17) is 0 Å². The van der Waals surface area contributed by atoms with Crippen molar-refractivity contribution in [1.29, 1.82) is 0 Å². The lowest BCUT2D eigenvalue weighted by Crippen LogP contribution is -2.05. The predicted octanol–water partition coefficient (Wildman–Crippen LogP) is 6.16. The minimum Gasteiger partial charge on any atom is -0.299 e. The topological polar surface area (TPSA) is 17.1 Å². The van der Waals surface area contributed by atoms with E-state index >= 15 is 0 Å². The van der Waals surface area contributed by atoms with Crippen LogP contribution in [0.1, 0.15) is 98.3 Å². The summed E-state index contributed by atoms with van der Waals surface area (Å²) in [6.07, 6.45) is 14.3. The van der Waals surface area contributed by atoms with Crippen LogP contribution >= 0.6 is 0 Å². The summed E-state index contributed by atoms with van der Waals surface area (Å²) in [7, 11) is 0. The lowest BCUT2D eigenvalue weighted by molar-refractivity contribution is -0.122. The van der Waals surface area contributed by atoms with E-state index in [1.807, 2.05) is 13.8 Å². The van der Waals surface area contributed by atoms with Crippen LogP contribution in [0.25, 0.3) is 0 Å². The van der Waals surface area contributed by atoms with Crippen LogP contribution in [-0.4, -0.2) is 5.78 Å². The first-order valence-corrected chi connectivity index (χ1v) is 8.56. The molecule has 114 valence electrons. The van der Waals surface area contributed by atoms with E-state index in [2.05, 4.69) is 13.8 Å². The summed E-state index contributed by atoms with van der Waals surface area (Å²) >= 11 is 0. The Hall–Kier alpha value is -0.330. The summed E-state index contributed by atoms with van der Waals surface area (Å²) in [6, 6.07) is 0. The van der Waals surface area contributed by atoms with Gasteiger partial charge in [-0.25, -0.2) is 0 Å². The second-order valence-electron chi connectivity index (χ2n) is 6.74. The minimum absolute atomic E-state index is 0.228. The van der Waals surface area contributed by atoms with Gasteiger partial charge in [-0.05, 0) is 12.3 Å². The fraction of sp³-hybridized carbons (Fsp3) is 0.944. The molecule has 0 spiro atoms. The van der Waals surface area contributed by atoms with Gasteiger partial charge < -0.3 is 0 Å². The van der Waals surface area contributed by atoms with Crippen LogP contribution < -0.4 is 0 Å². The third-order valence-corrected chi connectivity index (χ3v) is 3.85. The van der Waals surface area contributed by atoms with Crippen molar-refractivity contribution in [2.75, 3.05) is 0 Å². The van der Waals surface area contributed by atoms with Gasteiger partial charge in [-0.15, -0.1) is 0 Å². The second-order valence-corrected chi connectivity index (χ2v) is 6.74. The number of rotatable bonds is 13. The molecule has 0 rings (SSSR count). The monoisotopic (exact) mass is 268 g/mol.